The van der Waals surface area contributed by atoms with Crippen molar-refractivity contribution in [3.63, 3.8) is 0 Å². The second-order valence-corrected chi connectivity index (χ2v) is 2.90. The first-order chi connectivity index (χ1) is 6.68. The molecule has 0 unspecified atom stereocenters. The fourth-order valence-corrected chi connectivity index (χ4v) is 1.38. The number of hydrogen-bond acceptors (Lipinski definition) is 2. The lowest BCUT2D eigenvalue weighted by Crippen LogP contribution is -2.09. The number of para-hydroxylation sites is 1. The molecule has 0 atom stereocenters. The normalized spacial score (nSPS) is 9.60. The van der Waals surface area contributed by atoms with Crippen LogP contribution in [0.2, 0.25) is 0 Å². The molecule has 0 amide bonds. The molecule has 15 heavy (non-hydrogen) atoms. The number of carboxylic acid groups (broad SMARTS) is 1. The molecule has 1 aromatic heterocycles. The molecule has 2 aromatic rings. The largest absolute Gasteiger partial charge is 0.478 e. The van der Waals surface area contributed by atoms with Crippen molar-refractivity contribution in [1.29, 1.82) is 0 Å². The van der Waals surface area contributed by atoms with Gasteiger partial charge in [-0.25, -0.2) is 4.79 Å². The van der Waals surface area contributed by atoms with E-state index in [-0.39, 0.29) is 11.0 Å². The maximum Gasteiger partial charge on any atom is 0.336 e. The van der Waals surface area contributed by atoms with Crippen molar-refractivity contribution < 1.29 is 15.4 Å². The molecule has 0 aliphatic carbocycles. The molecule has 5 heteroatoms. The van der Waals surface area contributed by atoms with Gasteiger partial charge in [0.15, 0.2) is 0 Å². The van der Waals surface area contributed by atoms with Crippen molar-refractivity contribution in [2.75, 3.05) is 0 Å². The van der Waals surface area contributed by atoms with E-state index in [0.29, 0.717) is 10.9 Å². The van der Waals surface area contributed by atoms with Crippen LogP contribution >= 0.6 is 0 Å². The Bertz CT molecular complexity index is 559. The van der Waals surface area contributed by atoms with Gasteiger partial charge in [-0.1, -0.05) is 18.2 Å². The van der Waals surface area contributed by atoms with E-state index in [0.717, 1.165) is 6.07 Å². The molecule has 0 spiro atoms. The second-order valence-electron chi connectivity index (χ2n) is 2.90. The molecule has 0 radical (unpaired) electrons. The summed E-state index contributed by atoms with van der Waals surface area (Å²) in [5, 5.41) is 9.40. The van der Waals surface area contributed by atoms with Gasteiger partial charge in [-0.05, 0) is 6.07 Å². The molecule has 1 heterocycles. The predicted molar refractivity (Wildman–Crippen MR) is 55.1 cm³/mol. The standard InChI is InChI=1S/C10H7NO3.H2O/c12-9-5-7(10(13)14)6-3-1-2-4-8(6)11-9;/h1-5H,(H,11,12)(H,13,14);1H2. The minimum absolute atomic E-state index is 0. The molecule has 0 aliphatic rings. The van der Waals surface area contributed by atoms with Gasteiger partial charge in [-0.2, -0.15) is 0 Å². The molecule has 0 aliphatic heterocycles. The lowest BCUT2D eigenvalue weighted by Gasteiger charge is -2.00. The third-order valence-electron chi connectivity index (χ3n) is 1.98. The highest BCUT2D eigenvalue weighted by atomic mass is 16.4. The maximum atomic E-state index is 11.1. The lowest BCUT2D eigenvalue weighted by molar-refractivity contribution is 0.0699. The molecule has 1 aromatic carbocycles. The molecule has 2 rings (SSSR count). The molecule has 4 N–H and O–H groups in total. The third kappa shape index (κ3) is 1.87. The van der Waals surface area contributed by atoms with Crippen molar-refractivity contribution in [2.24, 2.45) is 0 Å². The first kappa shape index (κ1) is 10.9. The summed E-state index contributed by atoms with van der Waals surface area (Å²) >= 11 is 0. The van der Waals surface area contributed by atoms with Crippen molar-refractivity contribution in [2.45, 2.75) is 0 Å². The summed E-state index contributed by atoms with van der Waals surface area (Å²) in [5.74, 6) is -1.09. The van der Waals surface area contributed by atoms with Crippen LogP contribution in [0.1, 0.15) is 10.4 Å². The number of carbonyl (C=O) groups is 1. The van der Waals surface area contributed by atoms with Crippen molar-refractivity contribution in [1.82, 2.24) is 4.98 Å². The highest BCUT2D eigenvalue weighted by Crippen LogP contribution is 2.13. The Morgan fingerprint density at radius 2 is 1.93 bits per heavy atom. The summed E-state index contributed by atoms with van der Waals surface area (Å²) in [7, 11) is 0. The number of pyridine rings is 1. The smallest absolute Gasteiger partial charge is 0.336 e. The fraction of sp³-hybridized carbons (Fsp3) is 0. The van der Waals surface area contributed by atoms with Crippen LogP contribution in [0, 0.1) is 0 Å². The van der Waals surface area contributed by atoms with Crippen LogP contribution in [0.15, 0.2) is 35.1 Å². The van der Waals surface area contributed by atoms with Crippen molar-refractivity contribution >= 4 is 16.9 Å². The van der Waals surface area contributed by atoms with E-state index in [4.69, 9.17) is 5.11 Å². The molecule has 0 saturated carbocycles. The average molecular weight is 207 g/mol. The molecular formula is C10H9NO4. The van der Waals surface area contributed by atoms with E-state index < -0.39 is 11.5 Å². The minimum Gasteiger partial charge on any atom is -0.478 e. The second kappa shape index (κ2) is 3.93. The van der Waals surface area contributed by atoms with Gasteiger partial charge < -0.3 is 15.6 Å². The van der Waals surface area contributed by atoms with Gasteiger partial charge in [-0.15, -0.1) is 0 Å². The molecule has 5 nitrogen and oxygen atoms in total. The molecule has 0 bridgehead atoms. The number of benzene rings is 1. The summed E-state index contributed by atoms with van der Waals surface area (Å²) in [6.07, 6.45) is 0. The van der Waals surface area contributed by atoms with Gasteiger partial charge in [-0.3, -0.25) is 4.79 Å². The van der Waals surface area contributed by atoms with E-state index in [9.17, 15) is 9.59 Å². The van der Waals surface area contributed by atoms with Gasteiger partial charge >= 0.3 is 5.97 Å². The zero-order valence-electron chi connectivity index (χ0n) is 7.65. The summed E-state index contributed by atoms with van der Waals surface area (Å²) < 4.78 is 0. The van der Waals surface area contributed by atoms with Gasteiger partial charge in [0.1, 0.15) is 0 Å². The monoisotopic (exact) mass is 207 g/mol. The van der Waals surface area contributed by atoms with E-state index in [1.54, 1.807) is 24.3 Å². The Kier molecular flexibility index (Phi) is 2.87. The van der Waals surface area contributed by atoms with E-state index in [1.807, 2.05) is 0 Å². The first-order valence-corrected chi connectivity index (χ1v) is 4.04. The number of aromatic amines is 1. The van der Waals surface area contributed by atoms with Crippen LogP contribution in [0.5, 0.6) is 0 Å². The Hall–Kier alpha value is -2.14. The van der Waals surface area contributed by atoms with Gasteiger partial charge in [0, 0.05) is 17.0 Å². The Labute approximate surface area is 84.3 Å². The van der Waals surface area contributed by atoms with Gasteiger partial charge in [0.05, 0.1) is 5.56 Å². The quantitative estimate of drug-likeness (QED) is 0.707. The number of hydrogen-bond donors (Lipinski definition) is 2. The number of rotatable bonds is 1. The summed E-state index contributed by atoms with van der Waals surface area (Å²) in [5.41, 5.74) is 0.169. The zero-order chi connectivity index (χ0) is 10.1. The van der Waals surface area contributed by atoms with E-state index >= 15 is 0 Å². The number of H-pyrrole nitrogens is 1. The Morgan fingerprint density at radius 1 is 1.27 bits per heavy atom. The number of aromatic carboxylic acids is 1. The van der Waals surface area contributed by atoms with Gasteiger partial charge in [0.2, 0.25) is 5.56 Å². The Balaban J connectivity index is 0.00000112. The van der Waals surface area contributed by atoms with Crippen LogP contribution in [0.25, 0.3) is 10.9 Å². The van der Waals surface area contributed by atoms with Crippen LogP contribution in [0.3, 0.4) is 0 Å². The lowest BCUT2D eigenvalue weighted by atomic mass is 10.1. The maximum absolute atomic E-state index is 11.1. The third-order valence-corrected chi connectivity index (χ3v) is 1.98. The number of fused-ring (bicyclic) bond motifs is 1. The molecular weight excluding hydrogens is 198 g/mol. The average Bonchev–Trinajstić information content (AvgIpc) is 2.16. The van der Waals surface area contributed by atoms with Crippen LogP contribution in [-0.4, -0.2) is 21.5 Å². The van der Waals surface area contributed by atoms with E-state index in [1.165, 1.54) is 0 Å². The summed E-state index contributed by atoms with van der Waals surface area (Å²) in [4.78, 5) is 24.5. The number of nitrogens with one attached hydrogen (secondary N) is 1. The minimum atomic E-state index is -1.09. The van der Waals surface area contributed by atoms with Crippen LogP contribution in [-0.2, 0) is 0 Å². The van der Waals surface area contributed by atoms with Crippen molar-refractivity contribution in [3.8, 4) is 0 Å². The molecule has 0 fully saturated rings. The fourth-order valence-electron chi connectivity index (χ4n) is 1.38. The number of carboxylic acids is 1. The zero-order valence-corrected chi connectivity index (χ0v) is 7.65. The highest BCUT2D eigenvalue weighted by Gasteiger charge is 2.08. The first-order valence-electron chi connectivity index (χ1n) is 4.04. The topological polar surface area (TPSA) is 102 Å². The van der Waals surface area contributed by atoms with Crippen molar-refractivity contribution in [3.05, 3.63) is 46.2 Å². The van der Waals surface area contributed by atoms with Crippen LogP contribution in [0.4, 0.5) is 0 Å². The SMILES string of the molecule is O.O=C(O)c1cc(=O)[nH]c2ccccc12. The number of aromatic nitrogens is 1. The molecule has 0 saturated heterocycles. The highest BCUT2D eigenvalue weighted by molar-refractivity contribution is 6.02. The predicted octanol–water partition coefficient (Wildman–Crippen LogP) is 0.402. The Morgan fingerprint density at radius 3 is 2.60 bits per heavy atom. The molecule has 78 valence electrons. The van der Waals surface area contributed by atoms with Crippen LogP contribution < -0.4 is 5.56 Å². The van der Waals surface area contributed by atoms with E-state index in [2.05, 4.69) is 4.98 Å². The summed E-state index contributed by atoms with van der Waals surface area (Å²) in [6, 6.07) is 7.89. The summed E-state index contributed by atoms with van der Waals surface area (Å²) in [6.45, 7) is 0. The van der Waals surface area contributed by atoms with Gasteiger partial charge in [0.25, 0.3) is 0 Å².